The molecule has 3 aliphatic rings. The molecule has 10 heavy (non-hydrogen) atoms. The van der Waals surface area contributed by atoms with Crippen LogP contribution in [0.25, 0.3) is 0 Å². The number of ether oxygens (including phenoxy) is 1. The smallest absolute Gasteiger partial charge is 0.118 e. The summed E-state index contributed by atoms with van der Waals surface area (Å²) in [4.78, 5) is 0. The Hall–Kier alpha value is -0.0800. The Bertz CT molecular complexity index is 113. The van der Waals surface area contributed by atoms with Crippen molar-refractivity contribution in [1.29, 1.82) is 0 Å². The van der Waals surface area contributed by atoms with E-state index in [9.17, 15) is 0 Å². The zero-order valence-electron chi connectivity index (χ0n) is 6.52. The van der Waals surface area contributed by atoms with Gasteiger partial charge in [-0.15, -0.1) is 0 Å². The van der Waals surface area contributed by atoms with Crippen LogP contribution in [0.4, 0.5) is 0 Å². The molecule has 0 aromatic carbocycles. The first-order chi connectivity index (χ1) is 4.85. The van der Waals surface area contributed by atoms with Crippen LogP contribution < -0.4 is 5.32 Å². The molecule has 2 aliphatic heterocycles. The van der Waals surface area contributed by atoms with E-state index in [0.717, 1.165) is 5.92 Å². The number of nitrogens with one attached hydrogen (secondary N) is 1. The van der Waals surface area contributed by atoms with Gasteiger partial charge < -0.3 is 4.74 Å². The van der Waals surface area contributed by atoms with Crippen molar-refractivity contribution >= 4 is 0 Å². The van der Waals surface area contributed by atoms with Gasteiger partial charge in [0.25, 0.3) is 0 Å². The summed E-state index contributed by atoms with van der Waals surface area (Å²) in [5.74, 6) is 0.942. The van der Waals surface area contributed by atoms with E-state index in [-0.39, 0.29) is 5.72 Å². The third-order valence-electron chi connectivity index (χ3n) is 3.02. The molecular weight excluding hydrogens is 126 g/mol. The summed E-state index contributed by atoms with van der Waals surface area (Å²) in [7, 11) is 1.82. The summed E-state index contributed by atoms with van der Waals surface area (Å²) in [6.07, 6.45) is 5.16. The van der Waals surface area contributed by atoms with Gasteiger partial charge in [0.1, 0.15) is 5.72 Å². The molecule has 1 aliphatic carbocycles. The van der Waals surface area contributed by atoms with Crippen molar-refractivity contribution in [3.8, 4) is 0 Å². The number of methoxy groups -OCH3 is 1. The predicted molar refractivity (Wildman–Crippen MR) is 39.7 cm³/mol. The Morgan fingerprint density at radius 2 is 2.10 bits per heavy atom. The van der Waals surface area contributed by atoms with Crippen LogP contribution >= 0.6 is 0 Å². The van der Waals surface area contributed by atoms with Crippen molar-refractivity contribution in [2.75, 3.05) is 13.7 Å². The van der Waals surface area contributed by atoms with Crippen LogP contribution in [0.15, 0.2) is 0 Å². The molecule has 2 heteroatoms. The minimum absolute atomic E-state index is 0.0781. The third kappa shape index (κ3) is 0.867. The molecular formula is C8H15NO. The highest BCUT2D eigenvalue weighted by Gasteiger charge is 2.39. The van der Waals surface area contributed by atoms with Crippen molar-refractivity contribution in [2.24, 2.45) is 5.92 Å². The average Bonchev–Trinajstić information content (AvgIpc) is 2.08. The minimum atomic E-state index is 0.0781. The molecule has 3 rings (SSSR count). The van der Waals surface area contributed by atoms with Gasteiger partial charge in [-0.05, 0) is 31.6 Å². The van der Waals surface area contributed by atoms with E-state index < -0.39 is 0 Å². The van der Waals surface area contributed by atoms with Crippen molar-refractivity contribution in [1.82, 2.24) is 5.32 Å². The van der Waals surface area contributed by atoms with Crippen LogP contribution in [-0.4, -0.2) is 19.4 Å². The quantitative estimate of drug-likeness (QED) is 0.591. The minimum Gasteiger partial charge on any atom is -0.364 e. The second-order valence-corrected chi connectivity index (χ2v) is 3.52. The number of piperidine rings is 2. The molecule has 0 radical (unpaired) electrons. The number of fused-ring (bicyclic) bond motifs is 3. The first-order valence-corrected chi connectivity index (χ1v) is 4.15. The molecule has 3 fully saturated rings. The topological polar surface area (TPSA) is 21.3 Å². The van der Waals surface area contributed by atoms with Gasteiger partial charge in [-0.3, -0.25) is 5.32 Å². The van der Waals surface area contributed by atoms with Crippen molar-refractivity contribution in [2.45, 2.75) is 31.4 Å². The summed E-state index contributed by atoms with van der Waals surface area (Å²) in [6, 6.07) is 0. The first kappa shape index (κ1) is 6.62. The van der Waals surface area contributed by atoms with Crippen LogP contribution in [0.5, 0.6) is 0 Å². The molecule has 2 saturated heterocycles. The molecule has 0 spiro atoms. The summed E-state index contributed by atoms with van der Waals surface area (Å²) >= 11 is 0. The highest BCUT2D eigenvalue weighted by Crippen LogP contribution is 2.36. The summed E-state index contributed by atoms with van der Waals surface area (Å²) in [5, 5.41) is 3.46. The zero-order chi connectivity index (χ0) is 7.03. The second kappa shape index (κ2) is 2.21. The molecule has 2 bridgehead atoms. The van der Waals surface area contributed by atoms with Gasteiger partial charge in [0.2, 0.25) is 0 Å². The van der Waals surface area contributed by atoms with Gasteiger partial charge >= 0.3 is 0 Å². The fourth-order valence-corrected chi connectivity index (χ4v) is 2.13. The maximum atomic E-state index is 5.45. The van der Waals surface area contributed by atoms with Gasteiger partial charge in [0.15, 0.2) is 0 Å². The molecule has 0 amide bonds. The van der Waals surface area contributed by atoms with Gasteiger partial charge in [0, 0.05) is 13.7 Å². The Balaban J connectivity index is 2.08. The lowest BCUT2D eigenvalue weighted by Crippen LogP contribution is -2.56. The molecule has 0 atom stereocenters. The van der Waals surface area contributed by atoms with E-state index in [1.54, 1.807) is 0 Å². The maximum Gasteiger partial charge on any atom is 0.118 e. The number of rotatable bonds is 1. The number of hydrogen-bond acceptors (Lipinski definition) is 2. The Morgan fingerprint density at radius 3 is 2.40 bits per heavy atom. The normalized spacial score (nSPS) is 45.9. The molecule has 58 valence electrons. The van der Waals surface area contributed by atoms with Crippen molar-refractivity contribution < 1.29 is 4.74 Å². The van der Waals surface area contributed by atoms with Crippen LogP contribution in [0.1, 0.15) is 25.7 Å². The standard InChI is InChI=1S/C8H15NO/c1-10-8-4-2-7(3-5-8)6-9-8/h7,9H,2-6H2,1H3. The lowest BCUT2D eigenvalue weighted by Gasteiger charge is -2.46. The highest BCUT2D eigenvalue weighted by atomic mass is 16.5. The summed E-state index contributed by atoms with van der Waals surface area (Å²) in [5.41, 5.74) is 0.0781. The van der Waals surface area contributed by atoms with Crippen molar-refractivity contribution in [3.63, 3.8) is 0 Å². The highest BCUT2D eigenvalue weighted by molar-refractivity contribution is 4.91. The van der Waals surface area contributed by atoms with Crippen LogP contribution in [-0.2, 0) is 4.74 Å². The van der Waals surface area contributed by atoms with E-state index in [2.05, 4.69) is 5.32 Å². The average molecular weight is 141 g/mol. The fourth-order valence-electron chi connectivity index (χ4n) is 2.13. The van der Waals surface area contributed by atoms with E-state index in [4.69, 9.17) is 4.74 Å². The summed E-state index contributed by atoms with van der Waals surface area (Å²) in [6.45, 7) is 1.17. The van der Waals surface area contributed by atoms with Gasteiger partial charge in [-0.25, -0.2) is 0 Å². The Kier molecular flexibility index (Phi) is 1.46. The predicted octanol–water partition coefficient (Wildman–Crippen LogP) is 1.12. The maximum absolute atomic E-state index is 5.45. The largest absolute Gasteiger partial charge is 0.364 e. The first-order valence-electron chi connectivity index (χ1n) is 4.15. The molecule has 0 aromatic heterocycles. The number of hydrogen-bond donors (Lipinski definition) is 1. The third-order valence-corrected chi connectivity index (χ3v) is 3.02. The van der Waals surface area contributed by atoms with E-state index in [1.807, 2.05) is 7.11 Å². The molecule has 1 N–H and O–H groups in total. The lowest BCUT2D eigenvalue weighted by atomic mass is 9.79. The van der Waals surface area contributed by atoms with Crippen LogP contribution in [0.2, 0.25) is 0 Å². The molecule has 1 saturated carbocycles. The van der Waals surface area contributed by atoms with E-state index >= 15 is 0 Å². The summed E-state index contributed by atoms with van der Waals surface area (Å²) < 4.78 is 5.45. The lowest BCUT2D eigenvalue weighted by molar-refractivity contribution is -0.103. The van der Waals surface area contributed by atoms with Gasteiger partial charge in [0.05, 0.1) is 0 Å². The molecule has 2 heterocycles. The van der Waals surface area contributed by atoms with E-state index in [0.29, 0.717) is 0 Å². The molecule has 2 nitrogen and oxygen atoms in total. The van der Waals surface area contributed by atoms with Gasteiger partial charge in [-0.1, -0.05) is 0 Å². The van der Waals surface area contributed by atoms with Crippen LogP contribution in [0, 0.1) is 5.92 Å². The Morgan fingerprint density at radius 1 is 1.40 bits per heavy atom. The van der Waals surface area contributed by atoms with Crippen LogP contribution in [0.3, 0.4) is 0 Å². The Labute approximate surface area is 61.9 Å². The fraction of sp³-hybridized carbons (Fsp3) is 1.00. The van der Waals surface area contributed by atoms with Crippen molar-refractivity contribution in [3.05, 3.63) is 0 Å². The molecule has 0 unspecified atom stereocenters. The molecule has 0 aromatic rings. The van der Waals surface area contributed by atoms with E-state index in [1.165, 1.54) is 32.2 Å². The van der Waals surface area contributed by atoms with Gasteiger partial charge in [-0.2, -0.15) is 0 Å². The SMILES string of the molecule is COC12CCC(CC1)CN2. The second-order valence-electron chi connectivity index (χ2n) is 3.52. The monoisotopic (exact) mass is 141 g/mol. The zero-order valence-corrected chi connectivity index (χ0v) is 6.52.